The summed E-state index contributed by atoms with van der Waals surface area (Å²) in [6.07, 6.45) is 5.28. The molecule has 1 fully saturated rings. The normalized spacial score (nSPS) is 21.8. The zero-order valence-corrected chi connectivity index (χ0v) is 12.5. The number of hydrogen-bond acceptors (Lipinski definition) is 4. The van der Waals surface area contributed by atoms with Crippen molar-refractivity contribution >= 4 is 23.4 Å². The van der Waals surface area contributed by atoms with Crippen molar-refractivity contribution < 1.29 is 5.11 Å². The second kappa shape index (κ2) is 5.76. The summed E-state index contributed by atoms with van der Waals surface area (Å²) in [6.45, 7) is 0.409. The van der Waals surface area contributed by atoms with E-state index >= 15 is 0 Å². The number of halogens is 1. The van der Waals surface area contributed by atoms with E-state index in [2.05, 4.69) is 10.1 Å². The lowest BCUT2D eigenvalue weighted by Gasteiger charge is -2.34. The molecule has 0 radical (unpaired) electrons. The van der Waals surface area contributed by atoms with E-state index in [1.54, 1.807) is 11.0 Å². The third-order valence-corrected chi connectivity index (χ3v) is 5.48. The molecule has 0 saturated carbocycles. The Hall–Kier alpha value is -1.04. The van der Waals surface area contributed by atoms with Crippen LogP contribution in [0.2, 0.25) is 5.02 Å². The van der Waals surface area contributed by atoms with Crippen molar-refractivity contribution in [2.45, 2.75) is 30.2 Å². The Bertz CT molecular complexity index is 554. The molecule has 20 heavy (non-hydrogen) atoms. The molecule has 1 N–H and O–H groups in total. The van der Waals surface area contributed by atoms with E-state index in [0.29, 0.717) is 11.6 Å². The lowest BCUT2D eigenvalue weighted by Crippen LogP contribution is -2.40. The lowest BCUT2D eigenvalue weighted by atomic mass is 9.88. The van der Waals surface area contributed by atoms with E-state index < -0.39 is 5.60 Å². The molecule has 0 spiro atoms. The van der Waals surface area contributed by atoms with E-state index in [4.69, 9.17) is 11.6 Å². The molecule has 0 bridgehead atoms. The summed E-state index contributed by atoms with van der Waals surface area (Å²) in [6, 6.07) is 7.45. The molecular weight excluding hydrogens is 294 g/mol. The third-order valence-electron chi connectivity index (χ3n) is 3.68. The van der Waals surface area contributed by atoms with Crippen LogP contribution in [-0.4, -0.2) is 30.9 Å². The van der Waals surface area contributed by atoms with Crippen LogP contribution in [0.5, 0.6) is 0 Å². The van der Waals surface area contributed by atoms with Gasteiger partial charge < -0.3 is 5.11 Å². The molecule has 2 aromatic rings. The van der Waals surface area contributed by atoms with Gasteiger partial charge in [-0.2, -0.15) is 16.9 Å². The molecule has 106 valence electrons. The van der Waals surface area contributed by atoms with Crippen molar-refractivity contribution in [3.63, 3.8) is 0 Å². The molecule has 1 saturated heterocycles. The fourth-order valence-corrected chi connectivity index (χ4v) is 4.20. The van der Waals surface area contributed by atoms with Crippen LogP contribution < -0.4 is 0 Å². The van der Waals surface area contributed by atoms with Gasteiger partial charge in [-0.3, -0.25) is 0 Å². The molecule has 1 aliphatic heterocycles. The number of thioether (sulfide) groups is 1. The number of hydrogen-bond donors (Lipinski definition) is 1. The molecule has 2 heterocycles. The Kier molecular flexibility index (Phi) is 4.01. The molecule has 3 rings (SSSR count). The Balaban J connectivity index is 1.95. The SMILES string of the molecule is O[C@@](Cn1cncn1)(c1ccc(Cl)cc1)[C@@H]1CCCS1. The Morgan fingerprint density at radius 2 is 2.20 bits per heavy atom. The van der Waals surface area contributed by atoms with Crippen molar-refractivity contribution in [2.75, 3.05) is 5.75 Å². The van der Waals surface area contributed by atoms with Gasteiger partial charge in [-0.1, -0.05) is 23.7 Å². The van der Waals surface area contributed by atoms with Gasteiger partial charge in [0.1, 0.15) is 18.3 Å². The van der Waals surface area contributed by atoms with Gasteiger partial charge in [-0.25, -0.2) is 9.67 Å². The predicted molar refractivity (Wildman–Crippen MR) is 80.9 cm³/mol. The summed E-state index contributed by atoms with van der Waals surface area (Å²) < 4.78 is 1.69. The van der Waals surface area contributed by atoms with Crippen molar-refractivity contribution in [2.24, 2.45) is 0 Å². The van der Waals surface area contributed by atoms with Crippen LogP contribution in [0.25, 0.3) is 0 Å². The van der Waals surface area contributed by atoms with Gasteiger partial charge in [-0.15, -0.1) is 0 Å². The van der Waals surface area contributed by atoms with Crippen molar-refractivity contribution in [3.8, 4) is 0 Å². The summed E-state index contributed by atoms with van der Waals surface area (Å²) in [7, 11) is 0. The summed E-state index contributed by atoms with van der Waals surface area (Å²) in [5.41, 5.74) is -0.0591. The van der Waals surface area contributed by atoms with E-state index in [1.165, 1.54) is 6.33 Å². The maximum absolute atomic E-state index is 11.3. The molecule has 2 atom stereocenters. The number of nitrogens with zero attached hydrogens (tertiary/aromatic N) is 3. The van der Waals surface area contributed by atoms with Crippen LogP contribution in [0.3, 0.4) is 0 Å². The van der Waals surface area contributed by atoms with Gasteiger partial charge in [-0.05, 0) is 36.3 Å². The van der Waals surface area contributed by atoms with E-state index in [-0.39, 0.29) is 5.25 Å². The fourth-order valence-electron chi connectivity index (χ4n) is 2.63. The highest BCUT2D eigenvalue weighted by atomic mass is 35.5. The molecule has 0 unspecified atom stereocenters. The summed E-state index contributed by atoms with van der Waals surface area (Å²) in [5, 5.41) is 16.3. The third kappa shape index (κ3) is 2.71. The minimum Gasteiger partial charge on any atom is -0.382 e. The Labute approximate surface area is 127 Å². The summed E-state index contributed by atoms with van der Waals surface area (Å²) in [5.74, 6) is 1.10. The lowest BCUT2D eigenvalue weighted by molar-refractivity contribution is 0.0121. The van der Waals surface area contributed by atoms with Gasteiger partial charge in [0, 0.05) is 10.3 Å². The fraction of sp³-hybridized carbons (Fsp3) is 0.429. The van der Waals surface area contributed by atoms with Crippen LogP contribution in [-0.2, 0) is 12.1 Å². The maximum atomic E-state index is 11.3. The molecule has 0 amide bonds. The molecule has 4 nitrogen and oxygen atoms in total. The number of aliphatic hydroxyl groups is 1. The molecular formula is C14H16ClN3OS. The predicted octanol–water partition coefficient (Wildman–Crippen LogP) is 2.71. The summed E-state index contributed by atoms with van der Waals surface area (Å²) in [4.78, 5) is 3.95. The van der Waals surface area contributed by atoms with Gasteiger partial charge in [0.2, 0.25) is 0 Å². The second-order valence-electron chi connectivity index (χ2n) is 5.03. The summed E-state index contributed by atoms with van der Waals surface area (Å²) >= 11 is 7.78. The van der Waals surface area contributed by atoms with E-state index in [1.807, 2.05) is 36.0 Å². The van der Waals surface area contributed by atoms with Crippen molar-refractivity contribution in [3.05, 3.63) is 47.5 Å². The average molecular weight is 310 g/mol. The van der Waals surface area contributed by atoms with Crippen molar-refractivity contribution in [1.82, 2.24) is 14.8 Å². The highest BCUT2D eigenvalue weighted by Gasteiger charge is 2.41. The molecule has 1 aromatic heterocycles. The highest BCUT2D eigenvalue weighted by molar-refractivity contribution is 8.00. The highest BCUT2D eigenvalue weighted by Crippen LogP contribution is 2.41. The van der Waals surface area contributed by atoms with Crippen LogP contribution in [0.4, 0.5) is 0 Å². The number of aromatic nitrogens is 3. The first kappa shape index (κ1) is 13.9. The first-order valence-electron chi connectivity index (χ1n) is 6.61. The zero-order chi connectivity index (χ0) is 14.0. The zero-order valence-electron chi connectivity index (χ0n) is 10.9. The first-order chi connectivity index (χ1) is 9.68. The number of rotatable bonds is 4. The van der Waals surface area contributed by atoms with Gasteiger partial charge in [0.25, 0.3) is 0 Å². The van der Waals surface area contributed by atoms with Gasteiger partial charge >= 0.3 is 0 Å². The van der Waals surface area contributed by atoms with Gasteiger partial charge in [0.15, 0.2) is 0 Å². The minimum absolute atomic E-state index is 0.174. The molecule has 1 aliphatic rings. The molecule has 6 heteroatoms. The van der Waals surface area contributed by atoms with Crippen LogP contribution >= 0.6 is 23.4 Å². The van der Waals surface area contributed by atoms with Crippen molar-refractivity contribution in [1.29, 1.82) is 0 Å². The Morgan fingerprint density at radius 3 is 2.80 bits per heavy atom. The van der Waals surface area contributed by atoms with E-state index in [0.717, 1.165) is 24.2 Å². The standard InChI is InChI=1S/C14H16ClN3OS/c15-12-5-3-11(4-6-12)14(19,13-2-1-7-20-13)8-18-10-16-9-17-18/h3-6,9-10,13,19H,1-2,7-8H2/t13-,14-/m0/s1. The monoisotopic (exact) mass is 309 g/mol. The van der Waals surface area contributed by atoms with Crippen LogP contribution in [0, 0.1) is 0 Å². The van der Waals surface area contributed by atoms with Crippen LogP contribution in [0.15, 0.2) is 36.9 Å². The number of benzene rings is 1. The van der Waals surface area contributed by atoms with Gasteiger partial charge in [0.05, 0.1) is 6.54 Å². The quantitative estimate of drug-likeness (QED) is 0.943. The minimum atomic E-state index is -0.945. The molecule has 1 aromatic carbocycles. The second-order valence-corrected chi connectivity index (χ2v) is 6.77. The smallest absolute Gasteiger partial charge is 0.137 e. The van der Waals surface area contributed by atoms with Crippen LogP contribution in [0.1, 0.15) is 18.4 Å². The largest absolute Gasteiger partial charge is 0.382 e. The average Bonchev–Trinajstić information content (AvgIpc) is 3.12. The maximum Gasteiger partial charge on any atom is 0.137 e. The first-order valence-corrected chi connectivity index (χ1v) is 8.03. The Morgan fingerprint density at radius 1 is 1.40 bits per heavy atom. The topological polar surface area (TPSA) is 50.9 Å². The molecule has 0 aliphatic carbocycles. The van der Waals surface area contributed by atoms with E-state index in [9.17, 15) is 5.11 Å².